The molecule has 0 saturated carbocycles. The van der Waals surface area contributed by atoms with E-state index in [2.05, 4.69) is 5.11 Å². The molecule has 11 heavy (non-hydrogen) atoms. The fourth-order valence-corrected chi connectivity index (χ4v) is 0.940. The van der Waals surface area contributed by atoms with E-state index in [0.717, 1.165) is 5.56 Å². The average Bonchev–Trinajstić information content (AvgIpc) is 2.04. The van der Waals surface area contributed by atoms with Gasteiger partial charge in [0.05, 0.1) is 7.11 Å². The zero-order valence-corrected chi connectivity index (χ0v) is 6.59. The van der Waals surface area contributed by atoms with Crippen LogP contribution in [0.4, 0.5) is 5.69 Å². The van der Waals surface area contributed by atoms with Crippen molar-refractivity contribution in [3.05, 3.63) is 23.8 Å². The van der Waals surface area contributed by atoms with Gasteiger partial charge in [-0.25, -0.2) is 5.53 Å². The van der Waals surface area contributed by atoms with Crippen molar-refractivity contribution in [3.63, 3.8) is 0 Å². The maximum atomic E-state index is 6.87. The Morgan fingerprint density at radius 1 is 1.45 bits per heavy atom. The first-order chi connectivity index (χ1) is 5.29. The lowest BCUT2D eigenvalue weighted by Gasteiger charge is -2.04. The van der Waals surface area contributed by atoms with E-state index in [4.69, 9.17) is 10.3 Å². The highest BCUT2D eigenvalue weighted by molar-refractivity contribution is 5.56. The summed E-state index contributed by atoms with van der Waals surface area (Å²) < 4.78 is 5.00. The highest BCUT2D eigenvalue weighted by atomic mass is 16.5. The fraction of sp³-hybridized carbons (Fsp3) is 0.250. The Balaban J connectivity index is 3.24. The van der Waals surface area contributed by atoms with Crippen LogP contribution in [0.15, 0.2) is 23.3 Å². The minimum absolute atomic E-state index is 0.606. The Hall–Kier alpha value is -1.38. The van der Waals surface area contributed by atoms with Crippen LogP contribution >= 0.6 is 0 Å². The number of hydrogen-bond acceptors (Lipinski definition) is 3. The molecule has 58 valence electrons. The van der Waals surface area contributed by atoms with E-state index in [0.29, 0.717) is 11.4 Å². The van der Waals surface area contributed by atoms with Crippen LogP contribution in [0.5, 0.6) is 5.75 Å². The summed E-state index contributed by atoms with van der Waals surface area (Å²) >= 11 is 0. The van der Waals surface area contributed by atoms with Crippen molar-refractivity contribution < 1.29 is 4.74 Å². The summed E-state index contributed by atoms with van der Waals surface area (Å²) in [7, 11) is 1.57. The number of nitrogens with one attached hydrogen (secondary N) is 1. The molecule has 3 nitrogen and oxygen atoms in total. The molecule has 0 atom stereocenters. The maximum Gasteiger partial charge on any atom is 0.146 e. The normalized spacial score (nSPS) is 9.27. The first-order valence-corrected chi connectivity index (χ1v) is 3.30. The number of nitrogens with zero attached hydrogens (tertiary/aromatic N) is 1. The van der Waals surface area contributed by atoms with E-state index >= 15 is 0 Å². The van der Waals surface area contributed by atoms with Crippen molar-refractivity contribution in [2.24, 2.45) is 5.11 Å². The van der Waals surface area contributed by atoms with E-state index < -0.39 is 0 Å². The lowest BCUT2D eigenvalue weighted by Crippen LogP contribution is -1.84. The SMILES string of the molecule is COc1cccc(C)c1N=N. The summed E-state index contributed by atoms with van der Waals surface area (Å²) in [5.74, 6) is 0.653. The second-order valence-electron chi connectivity index (χ2n) is 2.24. The first-order valence-electron chi connectivity index (χ1n) is 3.30. The zero-order valence-electron chi connectivity index (χ0n) is 6.59. The average molecular weight is 150 g/mol. The van der Waals surface area contributed by atoms with Gasteiger partial charge in [-0.3, -0.25) is 0 Å². The third-order valence-corrected chi connectivity index (χ3v) is 1.53. The van der Waals surface area contributed by atoms with Gasteiger partial charge in [0.1, 0.15) is 11.4 Å². The fourth-order valence-electron chi connectivity index (χ4n) is 0.940. The topological polar surface area (TPSA) is 45.4 Å². The zero-order chi connectivity index (χ0) is 8.27. The van der Waals surface area contributed by atoms with Gasteiger partial charge in [0.2, 0.25) is 0 Å². The van der Waals surface area contributed by atoms with Crippen molar-refractivity contribution in [1.82, 2.24) is 0 Å². The van der Waals surface area contributed by atoms with Gasteiger partial charge in [-0.2, -0.15) is 5.11 Å². The number of hydrogen-bond donors (Lipinski definition) is 1. The molecule has 3 heteroatoms. The minimum atomic E-state index is 0.606. The van der Waals surface area contributed by atoms with Gasteiger partial charge < -0.3 is 4.74 Å². The quantitative estimate of drug-likeness (QED) is 0.647. The molecule has 1 aromatic rings. The van der Waals surface area contributed by atoms with Crippen LogP contribution in [0.1, 0.15) is 5.56 Å². The van der Waals surface area contributed by atoms with Crippen molar-refractivity contribution in [2.75, 3.05) is 7.11 Å². The van der Waals surface area contributed by atoms with Crippen molar-refractivity contribution >= 4 is 5.69 Å². The largest absolute Gasteiger partial charge is 0.494 e. The Kier molecular flexibility index (Phi) is 2.21. The maximum absolute atomic E-state index is 6.87. The molecule has 0 aliphatic rings. The number of aryl methyl sites for hydroxylation is 1. The Labute approximate surface area is 65.5 Å². The second kappa shape index (κ2) is 3.14. The molecule has 0 aliphatic heterocycles. The van der Waals surface area contributed by atoms with Crippen LogP contribution in [0, 0.1) is 12.5 Å². The van der Waals surface area contributed by atoms with E-state index in [1.165, 1.54) is 0 Å². The summed E-state index contributed by atoms with van der Waals surface area (Å²) in [5, 5.41) is 3.37. The van der Waals surface area contributed by atoms with Crippen LogP contribution < -0.4 is 4.74 Å². The second-order valence-corrected chi connectivity index (χ2v) is 2.24. The molecule has 1 aromatic carbocycles. The molecule has 0 fully saturated rings. The highest BCUT2D eigenvalue weighted by Gasteiger charge is 2.02. The molecule has 0 aliphatic carbocycles. The lowest BCUT2D eigenvalue weighted by atomic mass is 10.2. The highest BCUT2D eigenvalue weighted by Crippen LogP contribution is 2.29. The molecule has 0 saturated heterocycles. The van der Waals surface area contributed by atoms with Gasteiger partial charge >= 0.3 is 0 Å². The Bertz CT molecular complexity index is 271. The van der Waals surface area contributed by atoms with E-state index in [-0.39, 0.29) is 0 Å². The molecule has 1 N–H and O–H groups in total. The van der Waals surface area contributed by atoms with Gasteiger partial charge in [-0.1, -0.05) is 12.1 Å². The molecule has 0 bridgehead atoms. The first kappa shape index (κ1) is 7.72. The molecule has 0 unspecified atom stereocenters. The predicted molar refractivity (Wildman–Crippen MR) is 42.5 cm³/mol. The van der Waals surface area contributed by atoms with Crippen LogP contribution in [0.25, 0.3) is 0 Å². The summed E-state index contributed by atoms with van der Waals surface area (Å²) in [5.41, 5.74) is 8.44. The summed E-state index contributed by atoms with van der Waals surface area (Å²) in [6.45, 7) is 1.90. The molecule has 0 spiro atoms. The van der Waals surface area contributed by atoms with Crippen LogP contribution in [-0.2, 0) is 0 Å². The molecule has 0 aromatic heterocycles. The summed E-state index contributed by atoms with van der Waals surface area (Å²) in [6.07, 6.45) is 0. The molecule has 1 rings (SSSR count). The van der Waals surface area contributed by atoms with Crippen LogP contribution in [0.2, 0.25) is 0 Å². The molecule has 0 radical (unpaired) electrons. The van der Waals surface area contributed by atoms with E-state index in [1.807, 2.05) is 19.1 Å². The summed E-state index contributed by atoms with van der Waals surface area (Å²) in [4.78, 5) is 0. The third-order valence-electron chi connectivity index (χ3n) is 1.53. The van der Waals surface area contributed by atoms with Crippen molar-refractivity contribution in [2.45, 2.75) is 6.92 Å². The van der Waals surface area contributed by atoms with Crippen molar-refractivity contribution in [1.29, 1.82) is 5.53 Å². The molecule has 0 heterocycles. The van der Waals surface area contributed by atoms with E-state index in [1.54, 1.807) is 13.2 Å². The number of ether oxygens (including phenoxy) is 1. The van der Waals surface area contributed by atoms with E-state index in [9.17, 15) is 0 Å². The van der Waals surface area contributed by atoms with Gasteiger partial charge in [0, 0.05) is 0 Å². The van der Waals surface area contributed by atoms with Gasteiger partial charge in [0.15, 0.2) is 0 Å². The number of methoxy groups -OCH3 is 1. The number of benzene rings is 1. The van der Waals surface area contributed by atoms with Crippen LogP contribution in [0.3, 0.4) is 0 Å². The summed E-state index contributed by atoms with van der Waals surface area (Å²) in [6, 6.07) is 5.57. The smallest absolute Gasteiger partial charge is 0.146 e. The van der Waals surface area contributed by atoms with Gasteiger partial charge in [-0.05, 0) is 18.6 Å². The lowest BCUT2D eigenvalue weighted by molar-refractivity contribution is 0.415. The van der Waals surface area contributed by atoms with Gasteiger partial charge in [-0.15, -0.1) is 0 Å². The van der Waals surface area contributed by atoms with Crippen LogP contribution in [-0.4, -0.2) is 7.11 Å². The third kappa shape index (κ3) is 1.37. The Morgan fingerprint density at radius 3 is 2.64 bits per heavy atom. The number of para-hydroxylation sites is 1. The van der Waals surface area contributed by atoms with Gasteiger partial charge in [0.25, 0.3) is 0 Å². The predicted octanol–water partition coefficient (Wildman–Crippen LogP) is 2.67. The monoisotopic (exact) mass is 150 g/mol. The van der Waals surface area contributed by atoms with Crippen molar-refractivity contribution in [3.8, 4) is 5.75 Å². The molecule has 0 amide bonds. The Morgan fingerprint density at radius 2 is 2.18 bits per heavy atom. The molecular formula is C8H10N2O. The minimum Gasteiger partial charge on any atom is -0.494 e. The standard InChI is InChI=1S/C8H10N2O/c1-6-4-3-5-7(11-2)8(6)10-9/h3-5,9H,1-2H3. The number of rotatable bonds is 2. The molecular weight excluding hydrogens is 140 g/mol.